The molecular formula is C14H13ClO2. The van der Waals surface area contributed by atoms with Crippen LogP contribution in [0.1, 0.15) is 12.8 Å². The first-order valence-electron chi connectivity index (χ1n) is 5.80. The first kappa shape index (κ1) is 10.8. The minimum Gasteiger partial charge on any atom is -0.426 e. The highest BCUT2D eigenvalue weighted by molar-refractivity contribution is 6.21. The average Bonchev–Trinajstić information content (AvgIpc) is 2.89. The zero-order chi connectivity index (χ0) is 11.9. The van der Waals surface area contributed by atoms with Crippen molar-refractivity contribution in [3.05, 3.63) is 42.5 Å². The molecule has 3 heteroatoms. The van der Waals surface area contributed by atoms with E-state index in [0.717, 1.165) is 6.42 Å². The van der Waals surface area contributed by atoms with Crippen molar-refractivity contribution in [2.75, 3.05) is 0 Å². The van der Waals surface area contributed by atoms with Crippen LogP contribution in [0.4, 0.5) is 0 Å². The van der Waals surface area contributed by atoms with Gasteiger partial charge < -0.3 is 4.74 Å². The number of benzene rings is 1. The van der Waals surface area contributed by atoms with Gasteiger partial charge in [-0.3, -0.25) is 4.79 Å². The summed E-state index contributed by atoms with van der Waals surface area (Å²) in [6.07, 6.45) is 5.52. The molecule has 2 aliphatic carbocycles. The van der Waals surface area contributed by atoms with Gasteiger partial charge in [0.25, 0.3) is 0 Å². The van der Waals surface area contributed by atoms with Gasteiger partial charge in [-0.2, -0.15) is 0 Å². The predicted octanol–water partition coefficient (Wildman–Crippen LogP) is 3.17. The molecule has 3 atom stereocenters. The topological polar surface area (TPSA) is 26.3 Å². The van der Waals surface area contributed by atoms with Gasteiger partial charge in [0.05, 0.1) is 5.41 Å². The summed E-state index contributed by atoms with van der Waals surface area (Å²) in [5.74, 6) is 0.757. The highest BCUT2D eigenvalue weighted by Gasteiger charge is 2.52. The molecule has 2 aliphatic rings. The van der Waals surface area contributed by atoms with Crippen molar-refractivity contribution in [3.63, 3.8) is 0 Å². The molecule has 0 amide bonds. The number of hydrogen-bond donors (Lipinski definition) is 0. The molecule has 0 heterocycles. The first-order valence-corrected chi connectivity index (χ1v) is 6.24. The molecule has 1 aromatic rings. The van der Waals surface area contributed by atoms with Crippen molar-refractivity contribution in [1.82, 2.24) is 0 Å². The lowest BCUT2D eigenvalue weighted by Gasteiger charge is -2.21. The Morgan fingerprint density at radius 1 is 1.29 bits per heavy atom. The molecule has 1 saturated carbocycles. The quantitative estimate of drug-likeness (QED) is 0.348. The largest absolute Gasteiger partial charge is 0.426 e. The van der Waals surface area contributed by atoms with Gasteiger partial charge in [0.2, 0.25) is 0 Å². The number of rotatable bonds is 2. The summed E-state index contributed by atoms with van der Waals surface area (Å²) in [7, 11) is 0. The van der Waals surface area contributed by atoms with E-state index < -0.39 is 5.41 Å². The molecule has 0 saturated heterocycles. The summed E-state index contributed by atoms with van der Waals surface area (Å²) in [5, 5.41) is 0.0725. The molecule has 3 unspecified atom stereocenters. The van der Waals surface area contributed by atoms with Gasteiger partial charge in [-0.05, 0) is 30.9 Å². The van der Waals surface area contributed by atoms with Crippen LogP contribution in [0.25, 0.3) is 0 Å². The lowest BCUT2D eigenvalue weighted by molar-refractivity contribution is -0.142. The van der Waals surface area contributed by atoms with Crippen molar-refractivity contribution in [1.29, 1.82) is 0 Å². The van der Waals surface area contributed by atoms with E-state index >= 15 is 0 Å². The van der Waals surface area contributed by atoms with Crippen molar-refractivity contribution < 1.29 is 9.53 Å². The van der Waals surface area contributed by atoms with E-state index in [1.54, 1.807) is 12.1 Å². The van der Waals surface area contributed by atoms with E-state index in [1.165, 1.54) is 0 Å². The number of carbonyl (C=O) groups is 1. The summed E-state index contributed by atoms with van der Waals surface area (Å²) < 4.78 is 5.42. The van der Waals surface area contributed by atoms with Crippen molar-refractivity contribution in [2.24, 2.45) is 11.3 Å². The lowest BCUT2D eigenvalue weighted by Crippen LogP contribution is -2.30. The zero-order valence-corrected chi connectivity index (χ0v) is 10.1. The van der Waals surface area contributed by atoms with Gasteiger partial charge in [-0.1, -0.05) is 30.4 Å². The van der Waals surface area contributed by atoms with Crippen LogP contribution in [0.3, 0.4) is 0 Å². The Morgan fingerprint density at radius 2 is 2.06 bits per heavy atom. The molecule has 0 aliphatic heterocycles. The third-order valence-electron chi connectivity index (χ3n) is 3.65. The van der Waals surface area contributed by atoms with Gasteiger partial charge in [-0.25, -0.2) is 0 Å². The Morgan fingerprint density at radius 3 is 2.65 bits per heavy atom. The second kappa shape index (κ2) is 3.88. The zero-order valence-electron chi connectivity index (χ0n) is 9.30. The predicted molar refractivity (Wildman–Crippen MR) is 66.0 cm³/mol. The van der Waals surface area contributed by atoms with E-state index in [9.17, 15) is 4.79 Å². The summed E-state index contributed by atoms with van der Waals surface area (Å²) >= 11 is 6.19. The molecule has 3 rings (SSSR count). The fourth-order valence-electron chi connectivity index (χ4n) is 2.70. The van der Waals surface area contributed by atoms with Crippen LogP contribution >= 0.6 is 11.6 Å². The summed E-state index contributed by atoms with van der Waals surface area (Å²) in [5.41, 5.74) is -0.479. The summed E-state index contributed by atoms with van der Waals surface area (Å²) in [6, 6.07) is 9.18. The van der Waals surface area contributed by atoms with Gasteiger partial charge in [-0.15, -0.1) is 11.6 Å². The van der Waals surface area contributed by atoms with Crippen LogP contribution in [-0.4, -0.2) is 11.3 Å². The Bertz CT molecular complexity index is 468. The number of ether oxygens (including phenoxy) is 1. The Balaban J connectivity index is 1.78. The summed E-state index contributed by atoms with van der Waals surface area (Å²) in [4.78, 5) is 12.2. The van der Waals surface area contributed by atoms with Crippen LogP contribution in [-0.2, 0) is 4.79 Å². The molecule has 0 N–H and O–H groups in total. The van der Waals surface area contributed by atoms with Crippen LogP contribution < -0.4 is 4.74 Å². The molecule has 1 fully saturated rings. The number of alkyl halides is 1. The van der Waals surface area contributed by atoms with Crippen molar-refractivity contribution >= 4 is 17.6 Å². The van der Waals surface area contributed by atoms with E-state index in [1.807, 2.05) is 30.4 Å². The Labute approximate surface area is 105 Å². The standard InChI is InChI=1S/C14H13ClO2/c15-12-9-14(7-6-10(12)8-14)13(16)17-11-4-2-1-3-5-11/h1-7,10,12H,8-9H2. The molecule has 2 bridgehead atoms. The van der Waals surface area contributed by atoms with Crippen LogP contribution in [0, 0.1) is 11.3 Å². The van der Waals surface area contributed by atoms with Crippen molar-refractivity contribution in [2.45, 2.75) is 18.2 Å². The Kier molecular flexibility index (Phi) is 2.48. The number of allylic oxidation sites excluding steroid dienone is 1. The summed E-state index contributed by atoms with van der Waals surface area (Å²) in [6.45, 7) is 0. The maximum absolute atomic E-state index is 12.2. The second-order valence-corrected chi connectivity index (χ2v) is 5.37. The van der Waals surface area contributed by atoms with E-state index in [2.05, 4.69) is 0 Å². The molecule has 0 radical (unpaired) electrons. The van der Waals surface area contributed by atoms with Gasteiger partial charge in [0.1, 0.15) is 5.75 Å². The molecule has 0 aromatic heterocycles. The number of carbonyl (C=O) groups excluding carboxylic acids is 1. The van der Waals surface area contributed by atoms with E-state index in [-0.39, 0.29) is 11.3 Å². The number of esters is 1. The monoisotopic (exact) mass is 248 g/mol. The number of para-hydroxylation sites is 1. The minimum atomic E-state index is -0.479. The van der Waals surface area contributed by atoms with Gasteiger partial charge in [0.15, 0.2) is 0 Å². The van der Waals surface area contributed by atoms with E-state index in [0.29, 0.717) is 18.1 Å². The van der Waals surface area contributed by atoms with Gasteiger partial charge in [0, 0.05) is 5.38 Å². The fourth-order valence-corrected chi connectivity index (χ4v) is 3.14. The van der Waals surface area contributed by atoms with Gasteiger partial charge >= 0.3 is 5.97 Å². The number of halogens is 1. The highest BCUT2D eigenvalue weighted by Crippen LogP contribution is 2.52. The van der Waals surface area contributed by atoms with Crippen LogP contribution in [0.2, 0.25) is 0 Å². The smallest absolute Gasteiger partial charge is 0.321 e. The SMILES string of the molecule is O=C(Oc1ccccc1)C12C=CC(C1)C(Cl)C2. The van der Waals surface area contributed by atoms with Crippen molar-refractivity contribution in [3.8, 4) is 5.75 Å². The first-order chi connectivity index (χ1) is 8.20. The second-order valence-electron chi connectivity index (χ2n) is 4.81. The molecule has 0 spiro atoms. The minimum absolute atomic E-state index is 0.0725. The Hall–Kier alpha value is -1.28. The molecule has 1 aromatic carbocycles. The van der Waals surface area contributed by atoms with Crippen LogP contribution in [0.15, 0.2) is 42.5 Å². The molecule has 88 valence electrons. The fraction of sp³-hybridized carbons (Fsp3) is 0.357. The lowest BCUT2D eigenvalue weighted by atomic mass is 9.88. The molecule has 17 heavy (non-hydrogen) atoms. The van der Waals surface area contributed by atoms with Crippen LogP contribution in [0.5, 0.6) is 5.75 Å². The molecule has 2 nitrogen and oxygen atoms in total. The number of fused-ring (bicyclic) bond motifs is 2. The third-order valence-corrected chi connectivity index (χ3v) is 4.12. The maximum Gasteiger partial charge on any atom is 0.321 e. The third kappa shape index (κ3) is 1.77. The highest BCUT2D eigenvalue weighted by atomic mass is 35.5. The average molecular weight is 249 g/mol. The normalized spacial score (nSPS) is 33.9. The molecular weight excluding hydrogens is 236 g/mol. The maximum atomic E-state index is 12.2. The number of hydrogen-bond acceptors (Lipinski definition) is 2. The van der Waals surface area contributed by atoms with E-state index in [4.69, 9.17) is 16.3 Å².